The van der Waals surface area contributed by atoms with E-state index < -0.39 is 5.97 Å². The molecule has 0 saturated heterocycles. The fraction of sp³-hybridized carbons (Fsp3) is 0.0870. The van der Waals surface area contributed by atoms with E-state index in [9.17, 15) is 9.59 Å². The molecule has 8 heteroatoms. The molecule has 0 aliphatic carbocycles. The van der Waals surface area contributed by atoms with Gasteiger partial charge in [-0.15, -0.1) is 0 Å². The van der Waals surface area contributed by atoms with Crippen molar-refractivity contribution in [2.75, 3.05) is 7.11 Å². The lowest BCUT2D eigenvalue weighted by Crippen LogP contribution is -2.18. The first-order chi connectivity index (χ1) is 14.9. The smallest absolute Gasteiger partial charge is 0.343 e. The van der Waals surface area contributed by atoms with Gasteiger partial charge in [-0.05, 0) is 60.5 Å². The lowest BCUT2D eigenvalue weighted by atomic mass is 10.1. The predicted molar refractivity (Wildman–Crippen MR) is 121 cm³/mol. The summed E-state index contributed by atoms with van der Waals surface area (Å²) in [7, 11) is 1.45. The Bertz CT molecular complexity index is 1160. The number of ether oxygens (including phenoxy) is 2. The number of carbonyl (C=O) groups is 2. The highest BCUT2D eigenvalue weighted by atomic mass is 35.5. The second kappa shape index (κ2) is 10.1. The number of aryl methyl sites for hydroxylation is 1. The summed E-state index contributed by atoms with van der Waals surface area (Å²) in [5.74, 6) is -0.375. The maximum atomic E-state index is 12.4. The third-order valence-electron chi connectivity index (χ3n) is 4.32. The number of nitrogens with zero attached hydrogens (tertiary/aromatic N) is 1. The van der Waals surface area contributed by atoms with Crippen LogP contribution in [0.15, 0.2) is 65.8 Å². The van der Waals surface area contributed by atoms with Crippen LogP contribution in [-0.2, 0) is 0 Å². The van der Waals surface area contributed by atoms with Crippen molar-refractivity contribution >= 4 is 41.3 Å². The minimum atomic E-state index is -0.608. The normalized spacial score (nSPS) is 10.7. The molecule has 3 aromatic carbocycles. The van der Waals surface area contributed by atoms with Crippen LogP contribution in [-0.4, -0.2) is 25.2 Å². The third kappa shape index (κ3) is 5.63. The zero-order valence-electron chi connectivity index (χ0n) is 16.7. The Morgan fingerprint density at radius 2 is 1.74 bits per heavy atom. The van der Waals surface area contributed by atoms with Crippen molar-refractivity contribution in [1.29, 1.82) is 0 Å². The Hall–Kier alpha value is -3.35. The van der Waals surface area contributed by atoms with Crippen LogP contribution in [0.4, 0.5) is 0 Å². The van der Waals surface area contributed by atoms with E-state index in [4.69, 9.17) is 32.7 Å². The largest absolute Gasteiger partial charge is 0.493 e. The second-order valence-corrected chi connectivity index (χ2v) is 7.26. The lowest BCUT2D eigenvalue weighted by Gasteiger charge is -2.10. The summed E-state index contributed by atoms with van der Waals surface area (Å²) < 4.78 is 10.7. The zero-order valence-corrected chi connectivity index (χ0v) is 18.2. The van der Waals surface area contributed by atoms with Gasteiger partial charge in [0.05, 0.1) is 28.9 Å². The Labute approximate surface area is 189 Å². The quantitative estimate of drug-likeness (QED) is 0.236. The molecule has 1 N–H and O–H groups in total. The molecule has 6 nitrogen and oxygen atoms in total. The van der Waals surface area contributed by atoms with E-state index in [-0.39, 0.29) is 22.2 Å². The van der Waals surface area contributed by atoms with Gasteiger partial charge in [0.1, 0.15) is 0 Å². The van der Waals surface area contributed by atoms with Gasteiger partial charge in [-0.2, -0.15) is 5.10 Å². The molecule has 0 aliphatic rings. The Kier molecular flexibility index (Phi) is 7.28. The van der Waals surface area contributed by atoms with E-state index in [0.29, 0.717) is 21.9 Å². The average molecular weight is 457 g/mol. The molecule has 31 heavy (non-hydrogen) atoms. The van der Waals surface area contributed by atoms with E-state index >= 15 is 0 Å². The Morgan fingerprint density at radius 1 is 0.968 bits per heavy atom. The minimum absolute atomic E-state index is 0.222. The summed E-state index contributed by atoms with van der Waals surface area (Å²) in [4.78, 5) is 24.6. The monoisotopic (exact) mass is 456 g/mol. The van der Waals surface area contributed by atoms with Crippen molar-refractivity contribution in [2.24, 2.45) is 5.10 Å². The lowest BCUT2D eigenvalue weighted by molar-refractivity contribution is 0.0729. The molecule has 0 aliphatic heterocycles. The van der Waals surface area contributed by atoms with Crippen LogP contribution < -0.4 is 14.9 Å². The van der Waals surface area contributed by atoms with Gasteiger partial charge in [0.2, 0.25) is 0 Å². The number of amides is 1. The van der Waals surface area contributed by atoms with Gasteiger partial charge in [0.25, 0.3) is 5.91 Å². The molecule has 0 saturated carbocycles. The van der Waals surface area contributed by atoms with Crippen molar-refractivity contribution in [2.45, 2.75) is 6.92 Å². The maximum Gasteiger partial charge on any atom is 0.343 e. The Morgan fingerprint density at radius 3 is 2.45 bits per heavy atom. The van der Waals surface area contributed by atoms with Gasteiger partial charge in [-0.25, -0.2) is 10.2 Å². The average Bonchev–Trinajstić information content (AvgIpc) is 2.76. The molecule has 0 spiro atoms. The number of hydrazone groups is 1. The minimum Gasteiger partial charge on any atom is -0.493 e. The van der Waals surface area contributed by atoms with Gasteiger partial charge in [-0.3, -0.25) is 4.79 Å². The van der Waals surface area contributed by atoms with Crippen LogP contribution in [0, 0.1) is 6.92 Å². The standard InChI is InChI=1S/C23H18Cl2N2O4/c1-14-5-3-4-6-17(14)22(28)27-26-13-15-7-10-20(21(11-15)30-2)31-23(29)16-8-9-18(24)19(25)12-16/h3-13H,1-2H3,(H,27,28)/b26-13+. The van der Waals surface area contributed by atoms with Crippen LogP contribution >= 0.6 is 23.2 Å². The van der Waals surface area contributed by atoms with Crippen LogP contribution in [0.25, 0.3) is 0 Å². The van der Waals surface area contributed by atoms with Crippen molar-refractivity contribution in [3.05, 3.63) is 93.0 Å². The van der Waals surface area contributed by atoms with Gasteiger partial charge >= 0.3 is 5.97 Å². The Balaban J connectivity index is 1.70. The summed E-state index contributed by atoms with van der Waals surface area (Å²) in [5, 5.41) is 4.57. The van der Waals surface area contributed by atoms with E-state index in [1.807, 2.05) is 19.1 Å². The molecule has 0 radical (unpaired) electrons. The fourth-order valence-electron chi connectivity index (χ4n) is 2.68. The SMILES string of the molecule is COc1cc(/C=N/NC(=O)c2ccccc2C)ccc1OC(=O)c1ccc(Cl)c(Cl)c1. The number of halogens is 2. The maximum absolute atomic E-state index is 12.4. The van der Waals surface area contributed by atoms with Gasteiger partial charge in [-0.1, -0.05) is 41.4 Å². The number of carbonyl (C=O) groups excluding carboxylic acids is 2. The highest BCUT2D eigenvalue weighted by Crippen LogP contribution is 2.29. The van der Waals surface area contributed by atoms with E-state index in [1.54, 1.807) is 30.3 Å². The first-order valence-corrected chi connectivity index (χ1v) is 9.89. The molecular weight excluding hydrogens is 439 g/mol. The van der Waals surface area contributed by atoms with Gasteiger partial charge in [0.15, 0.2) is 11.5 Å². The molecule has 0 bridgehead atoms. The second-order valence-electron chi connectivity index (χ2n) is 6.44. The molecule has 0 unspecified atom stereocenters. The van der Waals surface area contributed by atoms with Crippen molar-refractivity contribution in [1.82, 2.24) is 5.43 Å². The van der Waals surface area contributed by atoms with Crippen molar-refractivity contribution in [3.63, 3.8) is 0 Å². The molecule has 0 atom stereocenters. The number of hydrogen-bond donors (Lipinski definition) is 1. The molecular formula is C23H18Cl2N2O4. The number of esters is 1. The van der Waals surface area contributed by atoms with Gasteiger partial charge in [0, 0.05) is 5.56 Å². The highest BCUT2D eigenvalue weighted by Gasteiger charge is 2.14. The first-order valence-electron chi connectivity index (χ1n) is 9.13. The number of nitrogens with one attached hydrogen (secondary N) is 1. The molecule has 158 valence electrons. The molecule has 1 amide bonds. The van der Waals surface area contributed by atoms with E-state index in [2.05, 4.69) is 10.5 Å². The van der Waals surface area contributed by atoms with Crippen LogP contribution in [0.1, 0.15) is 31.8 Å². The summed E-state index contributed by atoms with van der Waals surface area (Å²) >= 11 is 11.8. The van der Waals surface area contributed by atoms with Crippen LogP contribution in [0.3, 0.4) is 0 Å². The highest BCUT2D eigenvalue weighted by molar-refractivity contribution is 6.42. The summed E-state index contributed by atoms with van der Waals surface area (Å²) in [6.07, 6.45) is 1.46. The van der Waals surface area contributed by atoms with Gasteiger partial charge < -0.3 is 9.47 Å². The fourth-order valence-corrected chi connectivity index (χ4v) is 2.98. The van der Waals surface area contributed by atoms with Crippen molar-refractivity contribution < 1.29 is 19.1 Å². The molecule has 0 fully saturated rings. The van der Waals surface area contributed by atoms with E-state index in [1.165, 1.54) is 31.5 Å². The van der Waals surface area contributed by atoms with Crippen LogP contribution in [0.5, 0.6) is 11.5 Å². The molecule has 3 aromatic rings. The van der Waals surface area contributed by atoms with Crippen molar-refractivity contribution in [3.8, 4) is 11.5 Å². The summed E-state index contributed by atoms with van der Waals surface area (Å²) in [5.41, 5.74) is 4.77. The van der Waals surface area contributed by atoms with E-state index in [0.717, 1.165) is 5.56 Å². The number of methoxy groups -OCH3 is 1. The molecule has 3 rings (SSSR count). The third-order valence-corrected chi connectivity index (χ3v) is 5.05. The zero-order chi connectivity index (χ0) is 22.4. The number of rotatable bonds is 6. The first kappa shape index (κ1) is 22.3. The van der Waals surface area contributed by atoms with Crippen LogP contribution in [0.2, 0.25) is 10.0 Å². The summed E-state index contributed by atoms with van der Waals surface area (Å²) in [6.45, 7) is 1.85. The number of hydrogen-bond acceptors (Lipinski definition) is 5. The molecule has 0 aromatic heterocycles. The predicted octanol–water partition coefficient (Wildman–Crippen LogP) is 5.29. The topological polar surface area (TPSA) is 77.0 Å². The number of benzene rings is 3. The summed E-state index contributed by atoms with van der Waals surface area (Å²) in [6, 6.07) is 16.5. The molecule has 0 heterocycles.